The number of aryl methyl sites for hydroxylation is 1. The number of hydrogen-bond donors (Lipinski definition) is 4. The van der Waals surface area contributed by atoms with Crippen molar-refractivity contribution in [2.24, 2.45) is 5.84 Å². The molecule has 0 fully saturated rings. The first kappa shape index (κ1) is 13.1. The Morgan fingerprint density at radius 3 is 2.68 bits per heavy atom. The Bertz CT molecular complexity index is 555. The van der Waals surface area contributed by atoms with Gasteiger partial charge in [0.25, 0.3) is 0 Å². The molecule has 6 nitrogen and oxygen atoms in total. The lowest BCUT2D eigenvalue weighted by atomic mass is 10.1. The number of aromatic nitrogens is 2. The Morgan fingerprint density at radius 2 is 1.95 bits per heavy atom. The zero-order valence-corrected chi connectivity index (χ0v) is 10.9. The molecule has 1 aromatic heterocycles. The highest BCUT2D eigenvalue weighted by Gasteiger charge is 2.01. The number of hydrogen-bond acceptors (Lipinski definition) is 6. The van der Waals surface area contributed by atoms with E-state index in [1.165, 1.54) is 11.1 Å². The number of hydrazine groups is 1. The largest absolute Gasteiger partial charge is 0.370 e. The third kappa shape index (κ3) is 3.82. The summed E-state index contributed by atoms with van der Waals surface area (Å²) in [6.07, 6.45) is 0.914. The molecule has 6 heteroatoms. The molecule has 0 unspecified atom stereocenters. The van der Waals surface area contributed by atoms with Crippen molar-refractivity contribution >= 4 is 17.6 Å². The molecule has 100 valence electrons. The van der Waals surface area contributed by atoms with Gasteiger partial charge in [-0.1, -0.05) is 29.8 Å². The maximum absolute atomic E-state index is 5.58. The van der Waals surface area contributed by atoms with Crippen LogP contribution in [0.3, 0.4) is 0 Å². The Labute approximate surface area is 112 Å². The topological polar surface area (TPSA) is 102 Å². The molecule has 2 aromatic rings. The molecule has 0 aliphatic heterocycles. The molecule has 0 amide bonds. The van der Waals surface area contributed by atoms with Gasteiger partial charge in [0.2, 0.25) is 5.95 Å². The van der Waals surface area contributed by atoms with E-state index in [4.69, 9.17) is 11.6 Å². The number of nitrogens with one attached hydrogen (secondary N) is 2. The summed E-state index contributed by atoms with van der Waals surface area (Å²) in [5, 5.41) is 3.20. The molecule has 0 aliphatic rings. The molecule has 0 radical (unpaired) electrons. The third-order valence-corrected chi connectivity index (χ3v) is 2.69. The Hall–Kier alpha value is -2.34. The van der Waals surface area contributed by atoms with Crippen molar-refractivity contribution in [1.82, 2.24) is 9.97 Å². The first-order valence-corrected chi connectivity index (χ1v) is 6.08. The highest BCUT2D eigenvalue weighted by molar-refractivity contribution is 5.50. The van der Waals surface area contributed by atoms with Crippen LogP contribution in [-0.4, -0.2) is 16.5 Å². The number of nitrogens with zero attached hydrogens (tertiary/aromatic N) is 2. The van der Waals surface area contributed by atoms with Crippen LogP contribution in [-0.2, 0) is 6.42 Å². The predicted molar refractivity (Wildman–Crippen MR) is 77.6 cm³/mol. The van der Waals surface area contributed by atoms with E-state index in [2.05, 4.69) is 51.9 Å². The van der Waals surface area contributed by atoms with Crippen molar-refractivity contribution in [2.75, 3.05) is 23.0 Å². The predicted octanol–water partition coefficient (Wildman–Crippen LogP) is 1.31. The molecular formula is C13H18N6. The average Bonchev–Trinajstić information content (AvgIpc) is 2.38. The Morgan fingerprint density at radius 1 is 1.16 bits per heavy atom. The van der Waals surface area contributed by atoms with E-state index in [0.29, 0.717) is 11.6 Å². The van der Waals surface area contributed by atoms with Gasteiger partial charge in [-0.15, -0.1) is 0 Å². The summed E-state index contributed by atoms with van der Waals surface area (Å²) < 4.78 is 0. The van der Waals surface area contributed by atoms with Gasteiger partial charge in [0.15, 0.2) is 0 Å². The van der Waals surface area contributed by atoms with E-state index in [-0.39, 0.29) is 5.95 Å². The van der Waals surface area contributed by atoms with Crippen LogP contribution in [0, 0.1) is 6.92 Å². The maximum Gasteiger partial charge on any atom is 0.223 e. The zero-order valence-electron chi connectivity index (χ0n) is 10.9. The number of benzene rings is 1. The maximum atomic E-state index is 5.58. The van der Waals surface area contributed by atoms with Crippen LogP contribution in [0.2, 0.25) is 0 Å². The molecule has 6 N–H and O–H groups in total. The van der Waals surface area contributed by atoms with Gasteiger partial charge in [0.05, 0.1) is 0 Å². The smallest absolute Gasteiger partial charge is 0.223 e. The number of nitrogens with two attached hydrogens (primary N) is 2. The first-order valence-electron chi connectivity index (χ1n) is 6.08. The van der Waals surface area contributed by atoms with Crippen LogP contribution >= 0.6 is 0 Å². The minimum absolute atomic E-state index is 0.188. The van der Waals surface area contributed by atoms with Crippen LogP contribution in [0.5, 0.6) is 0 Å². The molecule has 0 saturated carbocycles. The molecule has 1 heterocycles. The fourth-order valence-corrected chi connectivity index (χ4v) is 1.83. The second-order valence-corrected chi connectivity index (χ2v) is 4.31. The molecule has 2 rings (SSSR count). The normalized spacial score (nSPS) is 10.2. The van der Waals surface area contributed by atoms with Crippen molar-refractivity contribution in [3.63, 3.8) is 0 Å². The van der Waals surface area contributed by atoms with Crippen LogP contribution < -0.4 is 22.3 Å². The van der Waals surface area contributed by atoms with Gasteiger partial charge in [-0.2, -0.15) is 9.97 Å². The number of anilines is 3. The summed E-state index contributed by atoms with van der Waals surface area (Å²) in [5.74, 6) is 6.64. The van der Waals surface area contributed by atoms with Gasteiger partial charge >= 0.3 is 0 Å². The van der Waals surface area contributed by atoms with Gasteiger partial charge in [-0.3, -0.25) is 0 Å². The zero-order chi connectivity index (χ0) is 13.7. The summed E-state index contributed by atoms with van der Waals surface area (Å²) in [4.78, 5) is 8.01. The van der Waals surface area contributed by atoms with Gasteiger partial charge in [0, 0.05) is 12.6 Å². The van der Waals surface area contributed by atoms with Gasteiger partial charge < -0.3 is 16.5 Å². The quantitative estimate of drug-likeness (QED) is 0.476. The molecule has 0 saturated heterocycles. The molecule has 1 aromatic carbocycles. The first-order chi connectivity index (χ1) is 9.17. The molecular weight excluding hydrogens is 240 g/mol. The Kier molecular flexibility index (Phi) is 4.15. The number of rotatable bonds is 5. The minimum atomic E-state index is 0.188. The van der Waals surface area contributed by atoms with Crippen LogP contribution in [0.15, 0.2) is 30.3 Å². The van der Waals surface area contributed by atoms with Crippen molar-refractivity contribution in [3.8, 4) is 0 Å². The van der Waals surface area contributed by atoms with Gasteiger partial charge in [0.1, 0.15) is 11.6 Å². The molecule has 0 aliphatic carbocycles. The Balaban J connectivity index is 1.94. The molecule has 19 heavy (non-hydrogen) atoms. The second-order valence-electron chi connectivity index (χ2n) is 4.31. The highest BCUT2D eigenvalue weighted by Crippen LogP contribution is 2.11. The number of nitrogen functional groups attached to an aromatic ring is 2. The van der Waals surface area contributed by atoms with Crippen molar-refractivity contribution in [1.29, 1.82) is 0 Å². The third-order valence-electron chi connectivity index (χ3n) is 2.69. The molecule has 0 atom stereocenters. The van der Waals surface area contributed by atoms with Crippen LogP contribution in [0.4, 0.5) is 17.6 Å². The summed E-state index contributed by atoms with van der Waals surface area (Å²) >= 11 is 0. The summed E-state index contributed by atoms with van der Waals surface area (Å²) in [6, 6.07) is 10.1. The van der Waals surface area contributed by atoms with Crippen LogP contribution in [0.1, 0.15) is 11.1 Å². The molecule has 0 bridgehead atoms. The molecule has 0 spiro atoms. The van der Waals surface area contributed by atoms with Crippen molar-refractivity contribution < 1.29 is 0 Å². The van der Waals surface area contributed by atoms with Gasteiger partial charge in [-0.05, 0) is 18.9 Å². The van der Waals surface area contributed by atoms with E-state index >= 15 is 0 Å². The fraction of sp³-hybridized carbons (Fsp3) is 0.231. The summed E-state index contributed by atoms with van der Waals surface area (Å²) in [6.45, 7) is 2.85. The van der Waals surface area contributed by atoms with Crippen molar-refractivity contribution in [3.05, 3.63) is 41.5 Å². The SMILES string of the molecule is Cc1cccc(CCNc2cc(NN)nc(N)n2)c1. The minimum Gasteiger partial charge on any atom is -0.370 e. The fourth-order valence-electron chi connectivity index (χ4n) is 1.83. The lowest BCUT2D eigenvalue weighted by Gasteiger charge is -2.08. The standard InChI is InChI=1S/C13H18N6/c1-9-3-2-4-10(7-9)5-6-16-11-8-12(19-15)18-13(14)17-11/h2-4,7-8H,5-6,15H2,1H3,(H4,14,16,17,18,19). The van der Waals surface area contributed by atoms with Gasteiger partial charge in [-0.25, -0.2) is 5.84 Å². The van der Waals surface area contributed by atoms with E-state index in [9.17, 15) is 0 Å². The second kappa shape index (κ2) is 6.01. The summed E-state index contributed by atoms with van der Waals surface area (Å²) in [7, 11) is 0. The van der Waals surface area contributed by atoms with E-state index in [0.717, 1.165) is 13.0 Å². The van der Waals surface area contributed by atoms with Crippen LogP contribution in [0.25, 0.3) is 0 Å². The van der Waals surface area contributed by atoms with E-state index in [1.54, 1.807) is 6.07 Å². The monoisotopic (exact) mass is 258 g/mol. The van der Waals surface area contributed by atoms with E-state index in [1.807, 2.05) is 0 Å². The average molecular weight is 258 g/mol. The van der Waals surface area contributed by atoms with E-state index < -0.39 is 0 Å². The highest BCUT2D eigenvalue weighted by atomic mass is 15.3. The van der Waals surface area contributed by atoms with Crippen molar-refractivity contribution in [2.45, 2.75) is 13.3 Å². The lowest BCUT2D eigenvalue weighted by molar-refractivity contribution is 0.999. The summed E-state index contributed by atoms with van der Waals surface area (Å²) in [5.41, 5.74) is 10.6. The lowest BCUT2D eigenvalue weighted by Crippen LogP contribution is -2.13.